The largest absolute Gasteiger partial charge is 0.513 e. The second-order valence-corrected chi connectivity index (χ2v) is 3.02. The van der Waals surface area contributed by atoms with Crippen LogP contribution in [-0.2, 0) is 4.74 Å². The van der Waals surface area contributed by atoms with Gasteiger partial charge in [0.15, 0.2) is 0 Å². The first-order valence-corrected chi connectivity index (χ1v) is 4.82. The molecule has 0 radical (unpaired) electrons. The first-order chi connectivity index (χ1) is 8.58. The smallest absolute Gasteiger partial charge is 0.437 e. The molecule has 0 spiro atoms. The summed E-state index contributed by atoms with van der Waals surface area (Å²) in [6, 6.07) is 3.83. The van der Waals surface area contributed by atoms with Crippen molar-refractivity contribution in [1.29, 1.82) is 0 Å². The number of rotatable bonds is 4. The van der Waals surface area contributed by atoms with Crippen LogP contribution in [0.3, 0.4) is 0 Å². The van der Waals surface area contributed by atoms with E-state index in [1.807, 2.05) is 0 Å². The summed E-state index contributed by atoms with van der Waals surface area (Å²) >= 11 is 0. The van der Waals surface area contributed by atoms with Crippen molar-refractivity contribution in [3.8, 4) is 5.75 Å². The van der Waals surface area contributed by atoms with Crippen LogP contribution in [-0.4, -0.2) is 31.5 Å². The summed E-state index contributed by atoms with van der Waals surface area (Å²) < 4.78 is 9.06. The van der Waals surface area contributed by atoms with Crippen LogP contribution in [0.5, 0.6) is 5.75 Å². The third-order valence-corrected chi connectivity index (χ3v) is 1.90. The van der Waals surface area contributed by atoms with Crippen LogP contribution in [0.25, 0.3) is 0 Å². The van der Waals surface area contributed by atoms with Gasteiger partial charge in [0.25, 0.3) is 5.69 Å². The number of ether oxygens (including phenoxy) is 2. The SMILES string of the molecule is CN/N=C\c1cc(OC(=O)OC)ccc1[N+](=O)[O-]. The molecule has 0 atom stereocenters. The number of nitro groups is 1. The monoisotopic (exact) mass is 253 g/mol. The van der Waals surface area contributed by atoms with Crippen molar-refractivity contribution in [3.05, 3.63) is 33.9 Å². The summed E-state index contributed by atoms with van der Waals surface area (Å²) in [4.78, 5) is 21.1. The number of nitrogens with zero attached hydrogens (tertiary/aromatic N) is 2. The number of hydrogen-bond acceptors (Lipinski definition) is 7. The van der Waals surface area contributed by atoms with Crippen molar-refractivity contribution < 1.29 is 19.2 Å². The summed E-state index contributed by atoms with van der Waals surface area (Å²) in [6.07, 6.45) is 0.350. The van der Waals surface area contributed by atoms with Crippen molar-refractivity contribution in [2.45, 2.75) is 0 Å². The van der Waals surface area contributed by atoms with Gasteiger partial charge in [-0.15, -0.1) is 0 Å². The molecule has 0 aliphatic rings. The number of benzene rings is 1. The fourth-order valence-electron chi connectivity index (χ4n) is 1.14. The first kappa shape index (κ1) is 13.4. The van der Waals surface area contributed by atoms with Gasteiger partial charge in [0.2, 0.25) is 0 Å². The number of carbonyl (C=O) groups excluding carboxylic acids is 1. The Kier molecular flexibility index (Phi) is 4.61. The van der Waals surface area contributed by atoms with Gasteiger partial charge in [0, 0.05) is 13.1 Å². The molecule has 0 aliphatic carbocycles. The summed E-state index contributed by atoms with van der Waals surface area (Å²) in [5, 5.41) is 14.4. The highest BCUT2D eigenvalue weighted by molar-refractivity contribution is 5.86. The van der Waals surface area contributed by atoms with Crippen molar-refractivity contribution in [3.63, 3.8) is 0 Å². The van der Waals surface area contributed by atoms with Crippen LogP contribution < -0.4 is 10.2 Å². The molecule has 1 rings (SSSR count). The maximum atomic E-state index is 10.9. The van der Waals surface area contributed by atoms with E-state index in [1.54, 1.807) is 7.05 Å². The van der Waals surface area contributed by atoms with Gasteiger partial charge in [0.05, 0.1) is 23.8 Å². The Morgan fingerprint density at radius 2 is 2.28 bits per heavy atom. The third-order valence-electron chi connectivity index (χ3n) is 1.90. The molecule has 0 bridgehead atoms. The molecule has 1 aromatic rings. The van der Waals surface area contributed by atoms with Gasteiger partial charge >= 0.3 is 6.16 Å². The van der Waals surface area contributed by atoms with E-state index in [4.69, 9.17) is 4.74 Å². The molecule has 0 aliphatic heterocycles. The topological polar surface area (TPSA) is 103 Å². The Morgan fingerprint density at radius 1 is 1.56 bits per heavy atom. The van der Waals surface area contributed by atoms with E-state index >= 15 is 0 Å². The van der Waals surface area contributed by atoms with E-state index in [9.17, 15) is 14.9 Å². The second-order valence-electron chi connectivity index (χ2n) is 3.02. The molecule has 1 N–H and O–H groups in total. The molecule has 0 saturated heterocycles. The summed E-state index contributed by atoms with van der Waals surface area (Å²) in [6.45, 7) is 0. The van der Waals surface area contributed by atoms with Crippen molar-refractivity contribution in [1.82, 2.24) is 5.43 Å². The predicted molar refractivity (Wildman–Crippen MR) is 62.8 cm³/mol. The van der Waals surface area contributed by atoms with E-state index in [1.165, 1.54) is 24.4 Å². The Labute approximate surface area is 102 Å². The molecule has 96 valence electrons. The van der Waals surface area contributed by atoms with Crippen LogP contribution in [0.15, 0.2) is 23.3 Å². The lowest BCUT2D eigenvalue weighted by Crippen LogP contribution is -2.08. The van der Waals surface area contributed by atoms with E-state index < -0.39 is 11.1 Å². The highest BCUT2D eigenvalue weighted by atomic mass is 16.7. The van der Waals surface area contributed by atoms with Gasteiger partial charge in [-0.1, -0.05) is 0 Å². The van der Waals surface area contributed by atoms with Gasteiger partial charge in [-0.2, -0.15) is 5.10 Å². The molecular weight excluding hydrogens is 242 g/mol. The Bertz CT molecular complexity index is 486. The normalized spacial score (nSPS) is 10.1. The Hall–Kier alpha value is -2.64. The summed E-state index contributed by atoms with van der Waals surface area (Å²) in [5.74, 6) is 0.130. The molecule has 0 amide bonds. The van der Waals surface area contributed by atoms with Gasteiger partial charge < -0.3 is 14.9 Å². The minimum absolute atomic E-state index is 0.130. The average molecular weight is 253 g/mol. The molecular formula is C10H11N3O5. The molecule has 0 saturated carbocycles. The molecule has 18 heavy (non-hydrogen) atoms. The maximum absolute atomic E-state index is 10.9. The maximum Gasteiger partial charge on any atom is 0.513 e. The molecule has 1 aromatic carbocycles. The predicted octanol–water partition coefficient (Wildman–Crippen LogP) is 1.29. The van der Waals surface area contributed by atoms with Crippen LogP contribution >= 0.6 is 0 Å². The van der Waals surface area contributed by atoms with E-state index in [2.05, 4.69) is 15.3 Å². The zero-order chi connectivity index (χ0) is 13.5. The number of methoxy groups -OCH3 is 1. The summed E-state index contributed by atoms with van der Waals surface area (Å²) in [7, 11) is 2.72. The van der Waals surface area contributed by atoms with Gasteiger partial charge in [-0.05, 0) is 12.1 Å². The Morgan fingerprint density at radius 3 is 2.83 bits per heavy atom. The zero-order valence-corrected chi connectivity index (χ0v) is 9.75. The van der Waals surface area contributed by atoms with Gasteiger partial charge in [-0.3, -0.25) is 10.1 Å². The van der Waals surface area contributed by atoms with Gasteiger partial charge in [-0.25, -0.2) is 4.79 Å². The molecule has 0 unspecified atom stereocenters. The standard InChI is InChI=1S/C10H11N3O5/c1-11-12-6-7-5-8(18-10(14)17-2)3-4-9(7)13(15)16/h3-6,11H,1-2H3/b12-6-. The fraction of sp³-hybridized carbons (Fsp3) is 0.200. The first-order valence-electron chi connectivity index (χ1n) is 4.82. The number of nitrogens with one attached hydrogen (secondary N) is 1. The minimum Gasteiger partial charge on any atom is -0.437 e. The van der Waals surface area contributed by atoms with Crippen molar-refractivity contribution >= 4 is 18.1 Å². The number of hydrazone groups is 1. The van der Waals surface area contributed by atoms with Crippen LogP contribution in [0.2, 0.25) is 0 Å². The van der Waals surface area contributed by atoms with E-state index in [0.29, 0.717) is 0 Å². The number of nitro benzene ring substituents is 1. The fourth-order valence-corrected chi connectivity index (χ4v) is 1.14. The van der Waals surface area contributed by atoms with Crippen molar-refractivity contribution in [2.75, 3.05) is 14.2 Å². The molecule has 0 heterocycles. The minimum atomic E-state index is -0.902. The molecule has 0 aromatic heterocycles. The second kappa shape index (κ2) is 6.18. The zero-order valence-electron chi connectivity index (χ0n) is 9.75. The quantitative estimate of drug-likeness (QED) is 0.285. The lowest BCUT2D eigenvalue weighted by atomic mass is 10.2. The average Bonchev–Trinajstić information content (AvgIpc) is 2.36. The number of carbonyl (C=O) groups is 1. The molecule has 0 fully saturated rings. The highest BCUT2D eigenvalue weighted by Crippen LogP contribution is 2.22. The molecule has 8 heteroatoms. The third kappa shape index (κ3) is 3.44. The number of hydrogen-bond donors (Lipinski definition) is 1. The van der Waals surface area contributed by atoms with Crippen LogP contribution in [0.4, 0.5) is 10.5 Å². The lowest BCUT2D eigenvalue weighted by molar-refractivity contribution is -0.385. The van der Waals surface area contributed by atoms with Crippen LogP contribution in [0, 0.1) is 10.1 Å². The Balaban J connectivity index is 3.08. The highest BCUT2D eigenvalue weighted by Gasteiger charge is 2.14. The van der Waals surface area contributed by atoms with E-state index in [0.717, 1.165) is 7.11 Å². The van der Waals surface area contributed by atoms with Crippen LogP contribution in [0.1, 0.15) is 5.56 Å². The van der Waals surface area contributed by atoms with Gasteiger partial charge in [0.1, 0.15) is 5.75 Å². The lowest BCUT2D eigenvalue weighted by Gasteiger charge is -2.03. The van der Waals surface area contributed by atoms with Crippen molar-refractivity contribution in [2.24, 2.45) is 5.10 Å². The summed E-state index contributed by atoms with van der Waals surface area (Å²) in [5.41, 5.74) is 2.53. The van der Waals surface area contributed by atoms with E-state index in [-0.39, 0.29) is 17.0 Å². The molecule has 8 nitrogen and oxygen atoms in total.